The predicted octanol–water partition coefficient (Wildman–Crippen LogP) is 2.99. The second-order valence-electron chi connectivity index (χ2n) is 6.62. The molecule has 0 aliphatic rings. The van der Waals surface area contributed by atoms with Crippen molar-refractivity contribution in [2.75, 3.05) is 5.32 Å². The van der Waals surface area contributed by atoms with Crippen LogP contribution in [-0.4, -0.2) is 32.4 Å². The summed E-state index contributed by atoms with van der Waals surface area (Å²) in [6, 6.07) is 14.7. The molecule has 0 atom stereocenters. The van der Waals surface area contributed by atoms with Crippen LogP contribution in [0.2, 0.25) is 5.02 Å². The Morgan fingerprint density at radius 1 is 1.07 bits per heavy atom. The van der Waals surface area contributed by atoms with E-state index in [2.05, 4.69) is 15.5 Å². The summed E-state index contributed by atoms with van der Waals surface area (Å²) in [6.45, 7) is 0.499. The van der Waals surface area contributed by atoms with Crippen molar-refractivity contribution in [2.45, 2.75) is 6.54 Å². The number of nitrogens with zero attached hydrogens (tertiary/aromatic N) is 2. The van der Waals surface area contributed by atoms with Crippen LogP contribution in [0.5, 0.6) is 0 Å². The molecular formula is C21H16ClN5O3. The van der Waals surface area contributed by atoms with Crippen LogP contribution < -0.4 is 11.1 Å². The van der Waals surface area contributed by atoms with E-state index in [4.69, 9.17) is 17.3 Å². The first kappa shape index (κ1) is 19.4. The number of Topliss-reactive ketones (excluding diaryl/α,β-unsaturated/α-hetero) is 1. The quantitative estimate of drug-likeness (QED) is 0.327. The lowest BCUT2D eigenvalue weighted by Crippen LogP contribution is -2.24. The van der Waals surface area contributed by atoms with Crippen LogP contribution in [-0.2, 0) is 11.3 Å². The Kier molecular flexibility index (Phi) is 5.07. The first-order valence-corrected chi connectivity index (χ1v) is 9.33. The number of fused-ring (bicyclic) bond motifs is 1. The van der Waals surface area contributed by atoms with Gasteiger partial charge in [0.25, 0.3) is 17.6 Å². The van der Waals surface area contributed by atoms with Crippen molar-refractivity contribution < 1.29 is 14.4 Å². The van der Waals surface area contributed by atoms with E-state index in [9.17, 15) is 14.4 Å². The largest absolute Gasteiger partial charge is 0.365 e. The van der Waals surface area contributed by atoms with Crippen molar-refractivity contribution >= 4 is 45.9 Å². The molecule has 2 heterocycles. The SMILES string of the molecule is NC(=O)c1cn[nH]c1NC(=O)C(=O)c1cn(Cc2ccc(Cl)cc2)c2ccccc12. The van der Waals surface area contributed by atoms with Crippen LogP contribution in [0.3, 0.4) is 0 Å². The van der Waals surface area contributed by atoms with Gasteiger partial charge in [-0.05, 0) is 23.8 Å². The second-order valence-corrected chi connectivity index (χ2v) is 7.06. The zero-order valence-electron chi connectivity index (χ0n) is 15.6. The number of halogens is 1. The molecule has 0 fully saturated rings. The molecular weight excluding hydrogens is 406 g/mol. The van der Waals surface area contributed by atoms with Gasteiger partial charge in [0.05, 0.1) is 11.8 Å². The molecule has 2 aromatic carbocycles. The lowest BCUT2D eigenvalue weighted by Gasteiger charge is -2.05. The first-order valence-electron chi connectivity index (χ1n) is 8.95. The number of primary amides is 1. The predicted molar refractivity (Wildman–Crippen MR) is 113 cm³/mol. The molecule has 0 aliphatic carbocycles. The number of rotatable bonds is 6. The number of amides is 2. The van der Waals surface area contributed by atoms with Crippen molar-refractivity contribution in [1.82, 2.24) is 14.8 Å². The Morgan fingerprint density at radius 3 is 2.53 bits per heavy atom. The molecule has 0 spiro atoms. The number of carbonyl (C=O) groups is 3. The lowest BCUT2D eigenvalue weighted by molar-refractivity contribution is -0.112. The Hall–Kier alpha value is -3.91. The van der Waals surface area contributed by atoms with E-state index < -0.39 is 17.6 Å². The molecule has 0 radical (unpaired) electrons. The summed E-state index contributed by atoms with van der Waals surface area (Å²) in [5.74, 6) is -2.45. The van der Waals surface area contributed by atoms with Gasteiger partial charge in [-0.15, -0.1) is 0 Å². The highest BCUT2D eigenvalue weighted by molar-refractivity contribution is 6.48. The molecule has 0 saturated carbocycles. The molecule has 150 valence electrons. The number of H-pyrrole nitrogens is 1. The van der Waals surface area contributed by atoms with Crippen LogP contribution in [0.1, 0.15) is 26.3 Å². The molecule has 2 aromatic heterocycles. The zero-order chi connectivity index (χ0) is 21.3. The van der Waals surface area contributed by atoms with Gasteiger partial charge in [0, 0.05) is 28.7 Å². The minimum absolute atomic E-state index is 0.0127. The van der Waals surface area contributed by atoms with Crippen molar-refractivity contribution in [3.8, 4) is 0 Å². The normalized spacial score (nSPS) is 10.8. The Balaban J connectivity index is 1.65. The Labute approximate surface area is 175 Å². The molecule has 0 saturated heterocycles. The Bertz CT molecular complexity index is 1270. The molecule has 0 unspecified atom stereocenters. The van der Waals surface area contributed by atoms with Gasteiger partial charge >= 0.3 is 0 Å². The van der Waals surface area contributed by atoms with E-state index in [0.717, 1.165) is 11.1 Å². The third-order valence-corrected chi connectivity index (χ3v) is 4.90. The van der Waals surface area contributed by atoms with E-state index in [1.165, 1.54) is 6.20 Å². The number of anilines is 1. The van der Waals surface area contributed by atoms with Crippen molar-refractivity contribution in [3.05, 3.63) is 82.6 Å². The third kappa shape index (κ3) is 3.68. The number of ketones is 1. The zero-order valence-corrected chi connectivity index (χ0v) is 16.3. The summed E-state index contributed by atoms with van der Waals surface area (Å²) in [5.41, 5.74) is 7.27. The molecule has 9 heteroatoms. The first-order chi connectivity index (χ1) is 14.4. The van der Waals surface area contributed by atoms with Gasteiger partial charge in [-0.3, -0.25) is 19.5 Å². The standard InChI is InChI=1S/C21H16ClN5O3/c22-13-7-5-12(6-8-13)10-27-11-16(14-3-1-2-4-17(14)27)18(28)21(30)25-20-15(19(23)29)9-24-26-20/h1-9,11H,10H2,(H2,23,29)(H2,24,25,26,30). The fourth-order valence-corrected chi connectivity index (χ4v) is 3.33. The van der Waals surface area contributed by atoms with Crippen molar-refractivity contribution in [2.24, 2.45) is 5.73 Å². The van der Waals surface area contributed by atoms with E-state index in [-0.39, 0.29) is 16.9 Å². The number of para-hydroxylation sites is 1. The fraction of sp³-hybridized carbons (Fsp3) is 0.0476. The topological polar surface area (TPSA) is 123 Å². The van der Waals surface area contributed by atoms with Crippen LogP contribution in [0, 0.1) is 0 Å². The monoisotopic (exact) mass is 421 g/mol. The molecule has 0 aliphatic heterocycles. The van der Waals surface area contributed by atoms with Gasteiger partial charge < -0.3 is 15.6 Å². The maximum atomic E-state index is 12.9. The van der Waals surface area contributed by atoms with Gasteiger partial charge in [0.2, 0.25) is 0 Å². The molecule has 2 amide bonds. The van der Waals surface area contributed by atoms with E-state index in [1.54, 1.807) is 30.5 Å². The number of nitrogens with two attached hydrogens (primary N) is 1. The minimum atomic E-state index is -0.906. The molecule has 0 bridgehead atoms. The summed E-state index contributed by atoms with van der Waals surface area (Å²) in [6.07, 6.45) is 2.82. The van der Waals surface area contributed by atoms with Crippen LogP contribution >= 0.6 is 11.6 Å². The molecule has 4 aromatic rings. The highest BCUT2D eigenvalue weighted by atomic mass is 35.5. The lowest BCUT2D eigenvalue weighted by atomic mass is 10.1. The highest BCUT2D eigenvalue weighted by Gasteiger charge is 2.23. The molecule has 4 N–H and O–H groups in total. The maximum Gasteiger partial charge on any atom is 0.298 e. The summed E-state index contributed by atoms with van der Waals surface area (Å²) >= 11 is 5.95. The average Bonchev–Trinajstić information content (AvgIpc) is 3.34. The van der Waals surface area contributed by atoms with Gasteiger partial charge in [-0.1, -0.05) is 41.9 Å². The molecule has 30 heavy (non-hydrogen) atoms. The third-order valence-electron chi connectivity index (χ3n) is 4.65. The van der Waals surface area contributed by atoms with Gasteiger partial charge in [0.15, 0.2) is 0 Å². The number of hydrogen-bond donors (Lipinski definition) is 3. The minimum Gasteiger partial charge on any atom is -0.365 e. The molecule has 4 rings (SSSR count). The summed E-state index contributed by atoms with van der Waals surface area (Å²) in [4.78, 5) is 36.8. The van der Waals surface area contributed by atoms with E-state index >= 15 is 0 Å². The fourth-order valence-electron chi connectivity index (χ4n) is 3.21. The van der Waals surface area contributed by atoms with Crippen LogP contribution in [0.15, 0.2) is 60.9 Å². The number of aromatic nitrogens is 3. The summed E-state index contributed by atoms with van der Waals surface area (Å²) in [5, 5.41) is 9.77. The Morgan fingerprint density at radius 2 is 1.80 bits per heavy atom. The highest BCUT2D eigenvalue weighted by Crippen LogP contribution is 2.24. The van der Waals surface area contributed by atoms with Crippen molar-refractivity contribution in [3.63, 3.8) is 0 Å². The van der Waals surface area contributed by atoms with Gasteiger partial charge in [0.1, 0.15) is 11.4 Å². The summed E-state index contributed by atoms with van der Waals surface area (Å²) in [7, 11) is 0. The number of benzene rings is 2. The smallest absolute Gasteiger partial charge is 0.298 e. The number of nitrogens with one attached hydrogen (secondary N) is 2. The van der Waals surface area contributed by atoms with E-state index in [0.29, 0.717) is 17.0 Å². The van der Waals surface area contributed by atoms with Gasteiger partial charge in [-0.2, -0.15) is 5.10 Å². The average molecular weight is 422 g/mol. The number of aromatic amines is 1. The van der Waals surface area contributed by atoms with Crippen LogP contribution in [0.25, 0.3) is 10.9 Å². The van der Waals surface area contributed by atoms with E-state index in [1.807, 2.05) is 28.8 Å². The van der Waals surface area contributed by atoms with Crippen LogP contribution in [0.4, 0.5) is 5.82 Å². The maximum absolute atomic E-state index is 12.9. The van der Waals surface area contributed by atoms with Crippen molar-refractivity contribution in [1.29, 1.82) is 0 Å². The number of hydrogen-bond acceptors (Lipinski definition) is 4. The molecule has 8 nitrogen and oxygen atoms in total. The summed E-state index contributed by atoms with van der Waals surface area (Å²) < 4.78 is 1.89. The second kappa shape index (κ2) is 7.84. The number of carbonyl (C=O) groups excluding carboxylic acids is 3. The van der Waals surface area contributed by atoms with Gasteiger partial charge in [-0.25, -0.2) is 0 Å².